The van der Waals surface area contributed by atoms with E-state index in [9.17, 15) is 22.8 Å². The topological polar surface area (TPSA) is 90.6 Å². The van der Waals surface area contributed by atoms with Crippen LogP contribution in [-0.2, 0) is 12.6 Å². The van der Waals surface area contributed by atoms with Crippen LogP contribution in [0.3, 0.4) is 0 Å². The summed E-state index contributed by atoms with van der Waals surface area (Å²) < 4.78 is 39.0. The van der Waals surface area contributed by atoms with Crippen LogP contribution in [0.2, 0.25) is 0 Å². The Morgan fingerprint density at radius 3 is 2.61 bits per heavy atom. The molecule has 23 heavy (non-hydrogen) atoms. The van der Waals surface area contributed by atoms with E-state index in [-0.39, 0.29) is 17.8 Å². The van der Waals surface area contributed by atoms with Crippen LogP contribution in [-0.4, -0.2) is 27.1 Å². The number of benzene rings is 1. The Bertz CT molecular complexity index is 736. The van der Waals surface area contributed by atoms with Crippen LogP contribution in [0.25, 0.3) is 0 Å². The maximum Gasteiger partial charge on any atom is 0.416 e. The molecule has 0 radical (unpaired) electrons. The SMILES string of the molecule is CC[C@H](Cc1ccccc1C(F)(F)F)NC(=O)c1n[nH]c(=O)[nH]1. The molecule has 0 aliphatic carbocycles. The number of halogens is 3. The fourth-order valence-corrected chi connectivity index (χ4v) is 2.17. The molecule has 6 nitrogen and oxygen atoms in total. The van der Waals surface area contributed by atoms with E-state index in [0.29, 0.717) is 6.42 Å². The Labute approximate surface area is 129 Å². The molecule has 9 heteroatoms. The molecule has 0 aliphatic heterocycles. The summed E-state index contributed by atoms with van der Waals surface area (Å²) in [6.45, 7) is 1.74. The van der Waals surface area contributed by atoms with Gasteiger partial charge in [0.15, 0.2) is 0 Å². The number of amides is 1. The molecule has 1 heterocycles. The van der Waals surface area contributed by atoms with Gasteiger partial charge in [0.05, 0.1) is 5.56 Å². The number of rotatable bonds is 5. The highest BCUT2D eigenvalue weighted by molar-refractivity contribution is 5.90. The number of aromatic amines is 2. The highest BCUT2D eigenvalue weighted by atomic mass is 19.4. The maximum absolute atomic E-state index is 13.0. The number of hydrogen-bond acceptors (Lipinski definition) is 3. The number of nitrogens with one attached hydrogen (secondary N) is 3. The summed E-state index contributed by atoms with van der Waals surface area (Å²) >= 11 is 0. The Kier molecular flexibility index (Phi) is 4.87. The van der Waals surface area contributed by atoms with Gasteiger partial charge in [-0.1, -0.05) is 25.1 Å². The molecular formula is C14H15F3N4O2. The fraction of sp³-hybridized carbons (Fsp3) is 0.357. The van der Waals surface area contributed by atoms with Crippen molar-refractivity contribution in [2.75, 3.05) is 0 Å². The van der Waals surface area contributed by atoms with Crippen molar-refractivity contribution < 1.29 is 18.0 Å². The first-order valence-electron chi connectivity index (χ1n) is 6.92. The van der Waals surface area contributed by atoms with Crippen molar-refractivity contribution >= 4 is 5.91 Å². The first kappa shape index (κ1) is 16.8. The van der Waals surface area contributed by atoms with Gasteiger partial charge in [0.25, 0.3) is 5.91 Å². The molecule has 0 unspecified atom stereocenters. The van der Waals surface area contributed by atoms with Crippen LogP contribution in [0, 0.1) is 0 Å². The first-order chi connectivity index (χ1) is 10.8. The van der Waals surface area contributed by atoms with Crippen LogP contribution in [0.1, 0.15) is 35.1 Å². The second-order valence-corrected chi connectivity index (χ2v) is 4.96. The summed E-state index contributed by atoms with van der Waals surface area (Å²) in [6.07, 6.45) is -4.01. The first-order valence-corrected chi connectivity index (χ1v) is 6.92. The van der Waals surface area contributed by atoms with Gasteiger partial charge in [-0.05, 0) is 24.5 Å². The zero-order chi connectivity index (χ0) is 17.0. The minimum absolute atomic E-state index is 0.0204. The molecule has 0 saturated carbocycles. The summed E-state index contributed by atoms with van der Waals surface area (Å²) in [5.74, 6) is -0.864. The van der Waals surface area contributed by atoms with Crippen molar-refractivity contribution in [3.8, 4) is 0 Å². The monoisotopic (exact) mass is 328 g/mol. The van der Waals surface area contributed by atoms with Crippen molar-refractivity contribution in [3.05, 3.63) is 51.7 Å². The van der Waals surface area contributed by atoms with E-state index in [1.807, 2.05) is 5.10 Å². The van der Waals surface area contributed by atoms with Crippen LogP contribution in [0.5, 0.6) is 0 Å². The second kappa shape index (κ2) is 6.67. The van der Waals surface area contributed by atoms with Gasteiger partial charge >= 0.3 is 11.9 Å². The number of alkyl halides is 3. The lowest BCUT2D eigenvalue weighted by atomic mass is 9.98. The number of carbonyl (C=O) groups excluding carboxylic acids is 1. The van der Waals surface area contributed by atoms with E-state index in [4.69, 9.17) is 0 Å². The molecule has 2 aromatic rings. The number of aromatic nitrogens is 3. The minimum atomic E-state index is -4.45. The van der Waals surface area contributed by atoms with Crippen molar-refractivity contribution in [3.63, 3.8) is 0 Å². The van der Waals surface area contributed by atoms with Gasteiger partial charge in [-0.25, -0.2) is 9.89 Å². The molecule has 1 atom stereocenters. The van der Waals surface area contributed by atoms with Gasteiger partial charge in [-0.3, -0.25) is 9.78 Å². The third-order valence-corrected chi connectivity index (χ3v) is 3.33. The van der Waals surface area contributed by atoms with Gasteiger partial charge in [0, 0.05) is 6.04 Å². The molecule has 124 valence electrons. The predicted octanol–water partition coefficient (Wildman–Crippen LogP) is 1.87. The standard InChI is InChI=1S/C14H15F3N4O2/c1-2-9(18-12(22)11-19-13(23)21-20-11)7-8-5-3-4-6-10(8)14(15,16)17/h3-6,9H,2,7H2,1H3,(H,18,22)(H2,19,20,21,23)/t9-/m1/s1. The number of nitrogens with zero attached hydrogens (tertiary/aromatic N) is 1. The van der Waals surface area contributed by atoms with Crippen molar-refractivity contribution in [1.29, 1.82) is 0 Å². The third-order valence-electron chi connectivity index (χ3n) is 3.33. The van der Waals surface area contributed by atoms with Gasteiger partial charge in [0.2, 0.25) is 5.82 Å². The van der Waals surface area contributed by atoms with Crippen LogP contribution < -0.4 is 11.0 Å². The van der Waals surface area contributed by atoms with E-state index in [1.165, 1.54) is 18.2 Å². The Morgan fingerprint density at radius 2 is 2.04 bits per heavy atom. The summed E-state index contributed by atoms with van der Waals surface area (Å²) in [5.41, 5.74) is -1.26. The van der Waals surface area contributed by atoms with Crippen LogP contribution in [0.15, 0.2) is 29.1 Å². The van der Waals surface area contributed by atoms with Crippen molar-refractivity contribution in [2.45, 2.75) is 32.0 Å². The zero-order valence-electron chi connectivity index (χ0n) is 12.2. The smallest absolute Gasteiger partial charge is 0.346 e. The number of carbonyl (C=O) groups is 1. The number of H-pyrrole nitrogens is 2. The highest BCUT2D eigenvalue weighted by Crippen LogP contribution is 2.32. The quantitative estimate of drug-likeness (QED) is 0.782. The fourth-order valence-electron chi connectivity index (χ4n) is 2.17. The third kappa shape index (κ3) is 4.21. The lowest BCUT2D eigenvalue weighted by molar-refractivity contribution is -0.138. The average Bonchev–Trinajstić information content (AvgIpc) is 2.92. The Hall–Kier alpha value is -2.58. The lowest BCUT2D eigenvalue weighted by Gasteiger charge is -2.19. The van der Waals surface area contributed by atoms with E-state index in [1.54, 1.807) is 6.92 Å². The molecule has 1 aromatic heterocycles. The Balaban J connectivity index is 2.14. The molecule has 2 rings (SSSR count). The number of hydrogen-bond donors (Lipinski definition) is 3. The van der Waals surface area contributed by atoms with E-state index in [2.05, 4.69) is 15.4 Å². The summed E-state index contributed by atoms with van der Waals surface area (Å²) in [5, 5.41) is 8.10. The minimum Gasteiger partial charge on any atom is -0.346 e. The predicted molar refractivity (Wildman–Crippen MR) is 75.9 cm³/mol. The van der Waals surface area contributed by atoms with Crippen LogP contribution >= 0.6 is 0 Å². The molecule has 0 spiro atoms. The summed E-state index contributed by atoms with van der Waals surface area (Å²) in [4.78, 5) is 25.0. The second-order valence-electron chi connectivity index (χ2n) is 4.96. The molecule has 1 amide bonds. The lowest BCUT2D eigenvalue weighted by Crippen LogP contribution is -2.37. The van der Waals surface area contributed by atoms with Gasteiger partial charge < -0.3 is 5.32 Å². The molecule has 0 aliphatic rings. The van der Waals surface area contributed by atoms with E-state index in [0.717, 1.165) is 6.07 Å². The highest BCUT2D eigenvalue weighted by Gasteiger charge is 2.33. The zero-order valence-corrected chi connectivity index (χ0v) is 12.2. The average molecular weight is 328 g/mol. The normalized spacial score (nSPS) is 12.9. The van der Waals surface area contributed by atoms with Crippen molar-refractivity contribution in [2.24, 2.45) is 0 Å². The summed E-state index contributed by atoms with van der Waals surface area (Å²) in [6, 6.07) is 4.71. The maximum atomic E-state index is 13.0. The largest absolute Gasteiger partial charge is 0.416 e. The molecular weight excluding hydrogens is 313 g/mol. The van der Waals surface area contributed by atoms with Gasteiger partial charge in [-0.15, -0.1) is 5.10 Å². The molecule has 0 fully saturated rings. The Morgan fingerprint density at radius 1 is 1.35 bits per heavy atom. The summed E-state index contributed by atoms with van der Waals surface area (Å²) in [7, 11) is 0. The van der Waals surface area contributed by atoms with Gasteiger partial charge in [0.1, 0.15) is 0 Å². The van der Waals surface area contributed by atoms with Gasteiger partial charge in [-0.2, -0.15) is 13.2 Å². The van der Waals surface area contributed by atoms with E-state index < -0.39 is 29.4 Å². The molecule has 1 aromatic carbocycles. The molecule has 0 saturated heterocycles. The molecule has 3 N–H and O–H groups in total. The molecule has 0 bridgehead atoms. The van der Waals surface area contributed by atoms with E-state index >= 15 is 0 Å². The van der Waals surface area contributed by atoms with Crippen molar-refractivity contribution in [1.82, 2.24) is 20.5 Å². The van der Waals surface area contributed by atoms with Crippen LogP contribution in [0.4, 0.5) is 13.2 Å².